The average Bonchev–Trinajstić information content (AvgIpc) is 3.07. The van der Waals surface area contributed by atoms with E-state index >= 15 is 0 Å². The van der Waals surface area contributed by atoms with Gasteiger partial charge in [0.05, 0.1) is 25.1 Å². The highest BCUT2D eigenvalue weighted by Crippen LogP contribution is 2.36. The van der Waals surface area contributed by atoms with Gasteiger partial charge in [0.15, 0.2) is 0 Å². The zero-order valence-electron chi connectivity index (χ0n) is 18.1. The molecule has 0 atom stereocenters. The van der Waals surface area contributed by atoms with Gasteiger partial charge >= 0.3 is 0 Å². The molecule has 2 aliphatic rings. The Balaban J connectivity index is 1.41. The summed E-state index contributed by atoms with van der Waals surface area (Å²) >= 11 is 7.99. The normalized spacial score (nSPS) is 18.2. The van der Waals surface area contributed by atoms with E-state index in [2.05, 4.69) is 34.6 Å². The van der Waals surface area contributed by atoms with E-state index in [-0.39, 0.29) is 0 Å². The predicted molar refractivity (Wildman–Crippen MR) is 129 cm³/mol. The van der Waals surface area contributed by atoms with Crippen molar-refractivity contribution in [2.75, 3.05) is 62.3 Å². The Morgan fingerprint density at radius 3 is 2.48 bits per heavy atom. The number of aromatic nitrogens is 2. The Morgan fingerprint density at radius 1 is 1.00 bits per heavy atom. The van der Waals surface area contributed by atoms with Gasteiger partial charge in [-0.3, -0.25) is 4.90 Å². The minimum Gasteiger partial charge on any atom is -0.379 e. The SMILES string of the molecule is Cc1sc2nc(CN3CCOCC3)nc(N3CCN(c4cccc(Cl)c4)CC3)c2c1C. The maximum atomic E-state index is 6.21. The van der Waals surface area contributed by atoms with Gasteiger partial charge in [0.2, 0.25) is 0 Å². The number of rotatable bonds is 4. The van der Waals surface area contributed by atoms with Crippen LogP contribution in [-0.4, -0.2) is 67.4 Å². The van der Waals surface area contributed by atoms with Gasteiger partial charge < -0.3 is 14.5 Å². The van der Waals surface area contributed by atoms with Crippen LogP contribution in [0, 0.1) is 13.8 Å². The molecule has 0 bridgehead atoms. The minimum absolute atomic E-state index is 0.783. The summed E-state index contributed by atoms with van der Waals surface area (Å²) in [5, 5.41) is 2.01. The van der Waals surface area contributed by atoms with Crippen molar-refractivity contribution >= 4 is 44.7 Å². The van der Waals surface area contributed by atoms with Gasteiger partial charge in [-0.15, -0.1) is 11.3 Å². The van der Waals surface area contributed by atoms with Crippen molar-refractivity contribution in [3.8, 4) is 0 Å². The highest BCUT2D eigenvalue weighted by Gasteiger charge is 2.24. The molecule has 5 rings (SSSR count). The van der Waals surface area contributed by atoms with Gasteiger partial charge in [-0.2, -0.15) is 0 Å². The number of ether oxygens (including phenoxy) is 1. The zero-order valence-corrected chi connectivity index (χ0v) is 19.7. The molecule has 2 aliphatic heterocycles. The first-order valence-corrected chi connectivity index (χ1v) is 12.1. The number of aryl methyl sites for hydroxylation is 2. The second-order valence-electron chi connectivity index (χ2n) is 8.27. The molecule has 164 valence electrons. The second kappa shape index (κ2) is 8.90. The first-order chi connectivity index (χ1) is 15.1. The van der Waals surface area contributed by atoms with Gasteiger partial charge in [-0.1, -0.05) is 17.7 Å². The number of anilines is 2. The number of halogens is 1. The van der Waals surface area contributed by atoms with E-state index in [1.54, 1.807) is 11.3 Å². The summed E-state index contributed by atoms with van der Waals surface area (Å²) in [5.74, 6) is 2.02. The quantitative estimate of drug-likeness (QED) is 0.587. The van der Waals surface area contributed by atoms with Gasteiger partial charge in [-0.25, -0.2) is 9.97 Å². The van der Waals surface area contributed by atoms with E-state index < -0.39 is 0 Å². The lowest BCUT2D eigenvalue weighted by molar-refractivity contribution is 0.0331. The Labute approximate surface area is 192 Å². The predicted octanol–water partition coefficient (Wildman–Crippen LogP) is 4.12. The van der Waals surface area contributed by atoms with Crippen LogP contribution in [-0.2, 0) is 11.3 Å². The van der Waals surface area contributed by atoms with Crippen molar-refractivity contribution in [2.45, 2.75) is 20.4 Å². The van der Waals surface area contributed by atoms with E-state index in [4.69, 9.17) is 26.3 Å². The van der Waals surface area contributed by atoms with Gasteiger partial charge in [0.25, 0.3) is 0 Å². The first-order valence-electron chi connectivity index (χ1n) is 10.9. The topological polar surface area (TPSA) is 44.7 Å². The Hall–Kier alpha value is -1.93. The molecular weight excluding hydrogens is 430 g/mol. The number of hydrogen-bond donors (Lipinski definition) is 0. The summed E-state index contributed by atoms with van der Waals surface area (Å²) in [6.45, 7) is 12.4. The molecule has 3 aromatic rings. The van der Waals surface area contributed by atoms with Crippen LogP contribution in [0.4, 0.5) is 11.5 Å². The van der Waals surface area contributed by atoms with Crippen molar-refractivity contribution in [2.24, 2.45) is 0 Å². The maximum absolute atomic E-state index is 6.21. The fraction of sp³-hybridized carbons (Fsp3) is 0.478. The third kappa shape index (κ3) is 4.37. The number of thiophene rings is 1. The number of morpholine rings is 1. The first kappa shape index (κ1) is 20.9. The summed E-state index contributed by atoms with van der Waals surface area (Å²) in [5.41, 5.74) is 2.50. The molecule has 2 fully saturated rings. The molecule has 2 aromatic heterocycles. The van der Waals surface area contributed by atoms with Crippen LogP contribution in [0.1, 0.15) is 16.3 Å². The molecule has 4 heterocycles. The van der Waals surface area contributed by atoms with Crippen molar-refractivity contribution in [1.82, 2.24) is 14.9 Å². The van der Waals surface area contributed by atoms with Crippen LogP contribution in [0.5, 0.6) is 0 Å². The fourth-order valence-electron chi connectivity index (χ4n) is 4.38. The van der Waals surface area contributed by atoms with Crippen molar-refractivity contribution in [3.05, 3.63) is 45.6 Å². The molecule has 0 N–H and O–H groups in total. The van der Waals surface area contributed by atoms with Crippen LogP contribution in [0.15, 0.2) is 24.3 Å². The smallest absolute Gasteiger partial charge is 0.146 e. The third-order valence-corrected chi connectivity index (χ3v) is 7.61. The lowest BCUT2D eigenvalue weighted by atomic mass is 10.2. The molecule has 8 heteroatoms. The molecule has 2 saturated heterocycles. The minimum atomic E-state index is 0.783. The zero-order chi connectivity index (χ0) is 21.4. The number of hydrogen-bond acceptors (Lipinski definition) is 7. The molecule has 31 heavy (non-hydrogen) atoms. The molecule has 0 amide bonds. The van der Waals surface area contributed by atoms with Crippen LogP contribution < -0.4 is 9.80 Å². The molecule has 0 spiro atoms. The van der Waals surface area contributed by atoms with Crippen molar-refractivity contribution < 1.29 is 4.74 Å². The summed E-state index contributed by atoms with van der Waals surface area (Å²) < 4.78 is 5.50. The third-order valence-electron chi connectivity index (χ3n) is 6.28. The fourth-order valence-corrected chi connectivity index (χ4v) is 5.61. The van der Waals surface area contributed by atoms with Gasteiger partial charge in [0.1, 0.15) is 16.5 Å². The lowest BCUT2D eigenvalue weighted by Gasteiger charge is -2.37. The van der Waals surface area contributed by atoms with Crippen LogP contribution in [0.2, 0.25) is 5.02 Å². The van der Waals surface area contributed by atoms with Crippen LogP contribution in [0.3, 0.4) is 0 Å². The summed E-state index contributed by atoms with van der Waals surface area (Å²) in [6.07, 6.45) is 0. The van der Waals surface area contributed by atoms with Crippen LogP contribution in [0.25, 0.3) is 10.2 Å². The number of fused-ring (bicyclic) bond motifs is 1. The van der Waals surface area contributed by atoms with Crippen LogP contribution >= 0.6 is 22.9 Å². The standard InChI is InChI=1S/C23H28ClN5OS/c1-16-17(2)31-23-21(16)22(25-20(26-23)15-27-10-12-30-13-11-27)29-8-6-28(7-9-29)19-5-3-4-18(24)14-19/h3-5,14H,6-13,15H2,1-2H3. The largest absolute Gasteiger partial charge is 0.379 e. The Kier molecular flexibility index (Phi) is 6.01. The van der Waals surface area contributed by atoms with E-state index in [0.29, 0.717) is 0 Å². The highest BCUT2D eigenvalue weighted by atomic mass is 35.5. The second-order valence-corrected chi connectivity index (χ2v) is 9.91. The van der Waals surface area contributed by atoms with Crippen molar-refractivity contribution in [1.29, 1.82) is 0 Å². The van der Waals surface area contributed by atoms with Gasteiger partial charge in [-0.05, 0) is 37.6 Å². The molecular formula is C23H28ClN5OS. The molecule has 0 aliphatic carbocycles. The monoisotopic (exact) mass is 457 g/mol. The number of nitrogens with zero attached hydrogens (tertiary/aromatic N) is 5. The molecule has 6 nitrogen and oxygen atoms in total. The van der Waals surface area contributed by atoms with E-state index in [1.165, 1.54) is 21.5 Å². The highest BCUT2D eigenvalue weighted by molar-refractivity contribution is 7.18. The number of benzene rings is 1. The van der Waals surface area contributed by atoms with E-state index in [9.17, 15) is 0 Å². The maximum Gasteiger partial charge on any atom is 0.146 e. The molecule has 0 radical (unpaired) electrons. The summed E-state index contributed by atoms with van der Waals surface area (Å²) in [6, 6.07) is 8.13. The molecule has 0 saturated carbocycles. The summed E-state index contributed by atoms with van der Waals surface area (Å²) in [4.78, 5) is 19.7. The van der Waals surface area contributed by atoms with E-state index in [0.717, 1.165) is 80.5 Å². The van der Waals surface area contributed by atoms with E-state index in [1.807, 2.05) is 18.2 Å². The Morgan fingerprint density at radius 2 is 1.74 bits per heavy atom. The number of piperazine rings is 1. The lowest BCUT2D eigenvalue weighted by Crippen LogP contribution is -2.47. The summed E-state index contributed by atoms with van der Waals surface area (Å²) in [7, 11) is 0. The van der Waals surface area contributed by atoms with Gasteiger partial charge in [0, 0.05) is 54.9 Å². The molecule has 1 aromatic carbocycles. The molecule has 0 unspecified atom stereocenters. The van der Waals surface area contributed by atoms with Crippen molar-refractivity contribution in [3.63, 3.8) is 0 Å². The average molecular weight is 458 g/mol. The Bertz CT molecular complexity index is 1070.